The molecule has 1 aromatic carbocycles. The number of ether oxygens (including phenoxy) is 1. The Balaban J connectivity index is 0.000000351. The first kappa shape index (κ1) is 19.3. The van der Waals surface area contributed by atoms with E-state index in [1.807, 2.05) is 19.1 Å². The van der Waals surface area contributed by atoms with Gasteiger partial charge in [-0.1, -0.05) is 25.6 Å². The average Bonchev–Trinajstić information content (AvgIpc) is 2.63. The minimum atomic E-state index is -0.273. The number of hydrogen-bond donors (Lipinski definition) is 2. The molecule has 0 amide bonds. The lowest BCUT2D eigenvalue weighted by molar-refractivity contribution is 0.0625. The van der Waals surface area contributed by atoms with Gasteiger partial charge in [-0.15, -0.1) is 0 Å². The van der Waals surface area contributed by atoms with Crippen LogP contribution in [0.3, 0.4) is 0 Å². The van der Waals surface area contributed by atoms with Crippen molar-refractivity contribution in [2.24, 2.45) is 0 Å². The summed E-state index contributed by atoms with van der Waals surface area (Å²) in [6, 6.07) is 11.2. The van der Waals surface area contributed by atoms with Crippen molar-refractivity contribution in [1.29, 1.82) is 5.26 Å². The first-order chi connectivity index (χ1) is 11.6. The SMILES string of the molecule is C=CNc1nccc(-c2cccc(C#N)c2)n1.CCC(O)COC. The summed E-state index contributed by atoms with van der Waals surface area (Å²) in [6.07, 6.45) is 3.68. The lowest BCUT2D eigenvalue weighted by Crippen LogP contribution is -2.11. The van der Waals surface area contributed by atoms with E-state index in [0.29, 0.717) is 18.1 Å². The molecule has 2 N–H and O–H groups in total. The van der Waals surface area contributed by atoms with Crippen LogP contribution in [0, 0.1) is 11.3 Å². The highest BCUT2D eigenvalue weighted by molar-refractivity contribution is 5.62. The molecule has 2 rings (SSSR count). The molecule has 2 aromatic rings. The van der Waals surface area contributed by atoms with Gasteiger partial charge in [0.15, 0.2) is 0 Å². The molecule has 0 aliphatic rings. The molecule has 6 nitrogen and oxygen atoms in total. The second-order valence-corrected chi connectivity index (χ2v) is 4.82. The highest BCUT2D eigenvalue weighted by Gasteiger charge is 2.02. The standard InChI is InChI=1S/C13H10N4.C5H12O2/c1-2-15-13-16-7-6-12(17-13)11-5-3-4-10(8-11)9-14;1-3-5(6)4-7-2/h2-8H,1H2,(H,15,16,17);5-6H,3-4H2,1-2H3. The van der Waals surface area contributed by atoms with Crippen LogP contribution in [-0.2, 0) is 4.74 Å². The van der Waals surface area contributed by atoms with Crippen LogP contribution in [0.5, 0.6) is 0 Å². The minimum absolute atomic E-state index is 0.273. The summed E-state index contributed by atoms with van der Waals surface area (Å²) in [7, 11) is 1.58. The van der Waals surface area contributed by atoms with Crippen LogP contribution in [-0.4, -0.2) is 34.9 Å². The molecule has 1 aromatic heterocycles. The molecule has 0 saturated carbocycles. The van der Waals surface area contributed by atoms with E-state index in [-0.39, 0.29) is 6.10 Å². The van der Waals surface area contributed by atoms with Crippen molar-refractivity contribution >= 4 is 5.95 Å². The molecule has 1 unspecified atom stereocenters. The zero-order valence-corrected chi connectivity index (χ0v) is 13.9. The largest absolute Gasteiger partial charge is 0.391 e. The number of nitrogens with one attached hydrogen (secondary N) is 1. The molecule has 0 fully saturated rings. The Hall–Kier alpha value is -2.75. The predicted octanol–water partition coefficient (Wildman–Crippen LogP) is 2.97. The van der Waals surface area contributed by atoms with Crippen molar-refractivity contribution in [3.05, 3.63) is 54.9 Å². The van der Waals surface area contributed by atoms with E-state index < -0.39 is 0 Å². The van der Waals surface area contributed by atoms with Crippen LogP contribution in [0.4, 0.5) is 5.95 Å². The van der Waals surface area contributed by atoms with E-state index in [9.17, 15) is 0 Å². The van der Waals surface area contributed by atoms with E-state index in [1.54, 1.807) is 31.5 Å². The fourth-order valence-electron chi connectivity index (χ4n) is 1.74. The zero-order valence-electron chi connectivity index (χ0n) is 13.9. The van der Waals surface area contributed by atoms with Crippen molar-refractivity contribution in [3.63, 3.8) is 0 Å². The molecule has 0 radical (unpaired) electrons. The van der Waals surface area contributed by atoms with Crippen LogP contribution in [0.2, 0.25) is 0 Å². The van der Waals surface area contributed by atoms with Crippen molar-refractivity contribution in [3.8, 4) is 17.3 Å². The Morgan fingerprint density at radius 3 is 2.83 bits per heavy atom. The maximum atomic E-state index is 8.84. The van der Waals surface area contributed by atoms with Crippen LogP contribution >= 0.6 is 0 Å². The van der Waals surface area contributed by atoms with Gasteiger partial charge in [0.25, 0.3) is 0 Å². The Morgan fingerprint density at radius 1 is 1.46 bits per heavy atom. The maximum Gasteiger partial charge on any atom is 0.227 e. The summed E-state index contributed by atoms with van der Waals surface area (Å²) in [6.45, 7) is 5.93. The molecular formula is C18H22N4O2. The molecule has 0 bridgehead atoms. The van der Waals surface area contributed by atoms with Gasteiger partial charge in [0.1, 0.15) is 0 Å². The first-order valence-electron chi connectivity index (χ1n) is 7.52. The molecule has 0 spiro atoms. The zero-order chi connectivity index (χ0) is 17.8. The molecule has 6 heteroatoms. The second-order valence-electron chi connectivity index (χ2n) is 4.82. The number of rotatable bonds is 6. The van der Waals surface area contributed by atoms with E-state index in [1.165, 1.54) is 6.20 Å². The van der Waals surface area contributed by atoms with E-state index >= 15 is 0 Å². The predicted molar refractivity (Wildman–Crippen MR) is 94.2 cm³/mol. The summed E-state index contributed by atoms with van der Waals surface area (Å²) < 4.78 is 4.64. The number of hydrogen-bond acceptors (Lipinski definition) is 6. The molecule has 1 heterocycles. The minimum Gasteiger partial charge on any atom is -0.391 e. The number of aliphatic hydroxyl groups is 1. The van der Waals surface area contributed by atoms with Crippen LogP contribution in [0.15, 0.2) is 49.3 Å². The molecule has 0 aliphatic carbocycles. The van der Waals surface area contributed by atoms with E-state index in [0.717, 1.165) is 17.7 Å². The molecule has 24 heavy (non-hydrogen) atoms. The third kappa shape index (κ3) is 6.57. The van der Waals surface area contributed by atoms with Crippen molar-refractivity contribution in [1.82, 2.24) is 9.97 Å². The summed E-state index contributed by atoms with van der Waals surface area (Å²) >= 11 is 0. The molecule has 126 valence electrons. The Morgan fingerprint density at radius 2 is 2.25 bits per heavy atom. The summed E-state index contributed by atoms with van der Waals surface area (Å²) in [5.41, 5.74) is 2.26. The topological polar surface area (TPSA) is 91.1 Å². The van der Waals surface area contributed by atoms with Gasteiger partial charge in [-0.2, -0.15) is 5.26 Å². The van der Waals surface area contributed by atoms with Gasteiger partial charge < -0.3 is 15.2 Å². The monoisotopic (exact) mass is 326 g/mol. The number of aromatic nitrogens is 2. The summed E-state index contributed by atoms with van der Waals surface area (Å²) in [4.78, 5) is 8.34. The number of nitriles is 1. The number of nitrogens with zero attached hydrogens (tertiary/aromatic N) is 3. The molecular weight excluding hydrogens is 304 g/mol. The van der Waals surface area contributed by atoms with E-state index in [4.69, 9.17) is 10.4 Å². The lowest BCUT2D eigenvalue weighted by atomic mass is 10.1. The normalized spacial score (nSPS) is 10.8. The highest BCUT2D eigenvalue weighted by atomic mass is 16.5. The highest BCUT2D eigenvalue weighted by Crippen LogP contribution is 2.18. The third-order valence-corrected chi connectivity index (χ3v) is 3.00. The second kappa shape index (κ2) is 10.9. The van der Waals surface area contributed by atoms with Crippen LogP contribution in [0.25, 0.3) is 11.3 Å². The van der Waals surface area contributed by atoms with Crippen LogP contribution < -0.4 is 5.32 Å². The fraction of sp³-hybridized carbons (Fsp3) is 0.278. The van der Waals surface area contributed by atoms with Crippen LogP contribution in [0.1, 0.15) is 18.9 Å². The fourth-order valence-corrected chi connectivity index (χ4v) is 1.74. The number of aliphatic hydroxyl groups excluding tert-OH is 1. The van der Waals surface area contributed by atoms with Gasteiger partial charge >= 0.3 is 0 Å². The number of methoxy groups -OCH3 is 1. The van der Waals surface area contributed by atoms with Gasteiger partial charge in [-0.25, -0.2) is 9.97 Å². The van der Waals surface area contributed by atoms with Gasteiger partial charge in [-0.05, 0) is 30.8 Å². The quantitative estimate of drug-likeness (QED) is 0.848. The smallest absolute Gasteiger partial charge is 0.227 e. The number of anilines is 1. The Labute approximate surface area is 142 Å². The van der Waals surface area contributed by atoms with Gasteiger partial charge in [-0.3, -0.25) is 0 Å². The van der Waals surface area contributed by atoms with Crippen molar-refractivity contribution in [2.45, 2.75) is 19.4 Å². The Bertz CT molecular complexity index is 683. The Kier molecular flexibility index (Phi) is 8.76. The van der Waals surface area contributed by atoms with Crippen molar-refractivity contribution in [2.75, 3.05) is 19.0 Å². The van der Waals surface area contributed by atoms with Crippen molar-refractivity contribution < 1.29 is 9.84 Å². The first-order valence-corrected chi connectivity index (χ1v) is 7.52. The molecule has 0 aliphatic heterocycles. The van der Waals surface area contributed by atoms with Gasteiger partial charge in [0.2, 0.25) is 5.95 Å². The average molecular weight is 326 g/mol. The summed E-state index contributed by atoms with van der Waals surface area (Å²) in [5.74, 6) is 0.486. The number of benzene rings is 1. The molecule has 0 saturated heterocycles. The summed E-state index contributed by atoms with van der Waals surface area (Å²) in [5, 5.41) is 20.4. The maximum absolute atomic E-state index is 8.84. The molecule has 1 atom stereocenters. The van der Waals surface area contributed by atoms with E-state index in [2.05, 4.69) is 32.7 Å². The van der Waals surface area contributed by atoms with Gasteiger partial charge in [0, 0.05) is 18.9 Å². The lowest BCUT2D eigenvalue weighted by Gasteiger charge is -2.03. The third-order valence-electron chi connectivity index (χ3n) is 3.00. The van der Waals surface area contributed by atoms with Gasteiger partial charge in [0.05, 0.1) is 30.0 Å².